The predicted molar refractivity (Wildman–Crippen MR) is 191 cm³/mol. The van der Waals surface area contributed by atoms with Crippen LogP contribution in [0.5, 0.6) is 0 Å². The van der Waals surface area contributed by atoms with E-state index < -0.39 is 0 Å². The Morgan fingerprint density at radius 1 is 0.413 bits per heavy atom. The Balaban J connectivity index is 1.37. The molecule has 0 saturated carbocycles. The van der Waals surface area contributed by atoms with Crippen LogP contribution >= 0.6 is 0 Å². The lowest BCUT2D eigenvalue weighted by molar-refractivity contribution is 1.02. The monoisotopic (exact) mass is 586 g/mol. The third-order valence-electron chi connectivity index (χ3n) is 9.30. The van der Waals surface area contributed by atoms with Crippen molar-refractivity contribution in [1.29, 1.82) is 0 Å². The highest BCUT2D eigenvalue weighted by molar-refractivity contribution is 6.26. The number of para-hydroxylation sites is 3. The molecule has 0 bridgehead atoms. The van der Waals surface area contributed by atoms with E-state index in [0.29, 0.717) is 5.95 Å². The normalized spacial score (nSPS) is 11.9. The number of aromatic nitrogens is 4. The summed E-state index contributed by atoms with van der Waals surface area (Å²) in [7, 11) is 0. The van der Waals surface area contributed by atoms with E-state index in [2.05, 4.69) is 161 Å². The van der Waals surface area contributed by atoms with Crippen LogP contribution in [0, 0.1) is 0 Å². The van der Waals surface area contributed by atoms with Crippen molar-refractivity contribution in [1.82, 2.24) is 19.1 Å². The van der Waals surface area contributed by atoms with Crippen LogP contribution in [0.15, 0.2) is 158 Å². The van der Waals surface area contributed by atoms with Crippen LogP contribution in [0.2, 0.25) is 0 Å². The van der Waals surface area contributed by atoms with Gasteiger partial charge < -0.3 is 4.57 Å². The average molecular weight is 587 g/mol. The number of rotatable bonds is 3. The molecule has 0 radical (unpaired) electrons. The van der Waals surface area contributed by atoms with Gasteiger partial charge in [-0.15, -0.1) is 0 Å². The van der Waals surface area contributed by atoms with E-state index in [1.54, 1.807) is 0 Å². The Morgan fingerprint density at radius 3 is 1.93 bits per heavy atom. The molecule has 3 aromatic heterocycles. The first kappa shape index (κ1) is 25.1. The van der Waals surface area contributed by atoms with Crippen molar-refractivity contribution in [2.24, 2.45) is 0 Å². The lowest BCUT2D eigenvalue weighted by Gasteiger charge is -2.12. The molecule has 0 amide bonds. The van der Waals surface area contributed by atoms with Gasteiger partial charge in [-0.1, -0.05) is 121 Å². The van der Waals surface area contributed by atoms with Crippen LogP contribution in [-0.4, -0.2) is 19.1 Å². The molecule has 10 rings (SSSR count). The van der Waals surface area contributed by atoms with Crippen LogP contribution in [0.25, 0.3) is 88.2 Å². The zero-order valence-corrected chi connectivity index (χ0v) is 24.8. The topological polar surface area (TPSA) is 35.6 Å². The van der Waals surface area contributed by atoms with E-state index in [4.69, 9.17) is 9.97 Å². The largest absolute Gasteiger partial charge is 0.309 e. The summed E-state index contributed by atoms with van der Waals surface area (Å²) < 4.78 is 4.68. The number of benzene rings is 7. The van der Waals surface area contributed by atoms with E-state index in [1.807, 2.05) is 6.07 Å². The van der Waals surface area contributed by atoms with Crippen molar-refractivity contribution >= 4 is 65.3 Å². The van der Waals surface area contributed by atoms with Gasteiger partial charge in [0.15, 0.2) is 0 Å². The van der Waals surface area contributed by atoms with Crippen LogP contribution in [0.3, 0.4) is 0 Å². The molecule has 4 heteroatoms. The second-order valence-electron chi connectivity index (χ2n) is 11.8. The molecule has 0 N–H and O–H groups in total. The highest BCUT2D eigenvalue weighted by Crippen LogP contribution is 2.42. The van der Waals surface area contributed by atoms with Gasteiger partial charge in [0.05, 0.1) is 33.3 Å². The van der Waals surface area contributed by atoms with Gasteiger partial charge >= 0.3 is 0 Å². The smallest absolute Gasteiger partial charge is 0.235 e. The van der Waals surface area contributed by atoms with Gasteiger partial charge in [-0.25, -0.2) is 9.97 Å². The van der Waals surface area contributed by atoms with Gasteiger partial charge in [0.2, 0.25) is 5.95 Å². The van der Waals surface area contributed by atoms with Crippen molar-refractivity contribution in [2.75, 3.05) is 0 Å². The Morgan fingerprint density at radius 2 is 1.09 bits per heavy atom. The molecule has 46 heavy (non-hydrogen) atoms. The molecule has 0 atom stereocenters. The highest BCUT2D eigenvalue weighted by Gasteiger charge is 2.22. The van der Waals surface area contributed by atoms with E-state index in [0.717, 1.165) is 44.4 Å². The number of nitrogens with zero attached hydrogens (tertiary/aromatic N) is 4. The van der Waals surface area contributed by atoms with Gasteiger partial charge in [-0.05, 0) is 47.2 Å². The second-order valence-corrected chi connectivity index (χ2v) is 11.8. The Kier molecular flexibility index (Phi) is 5.25. The van der Waals surface area contributed by atoms with Crippen molar-refractivity contribution in [3.05, 3.63) is 158 Å². The van der Waals surface area contributed by atoms with E-state index in [1.165, 1.54) is 37.8 Å². The molecule has 0 spiro atoms. The van der Waals surface area contributed by atoms with Crippen molar-refractivity contribution in [3.63, 3.8) is 0 Å². The average Bonchev–Trinajstić information content (AvgIpc) is 3.64. The Bertz CT molecular complexity index is 2810. The van der Waals surface area contributed by atoms with E-state index in [-0.39, 0.29) is 0 Å². The maximum absolute atomic E-state index is 5.34. The molecular formula is C42H26N4. The van der Waals surface area contributed by atoms with Crippen LogP contribution in [0.4, 0.5) is 0 Å². The molecular weight excluding hydrogens is 560 g/mol. The number of hydrogen-bond donors (Lipinski definition) is 0. The quantitative estimate of drug-likeness (QED) is 0.206. The van der Waals surface area contributed by atoms with Crippen molar-refractivity contribution in [2.45, 2.75) is 0 Å². The first-order valence-electron chi connectivity index (χ1n) is 15.6. The lowest BCUT2D eigenvalue weighted by atomic mass is 10.1. The molecule has 0 unspecified atom stereocenters. The zero-order chi connectivity index (χ0) is 30.2. The SMILES string of the molecule is c1ccc(-c2nc(-n3c4ccccc4c4ccc5c(c6ccccc6n5-c5ccc6ccccc6c5)c43)nc3ccccc23)cc1. The fourth-order valence-corrected chi connectivity index (χ4v) is 7.29. The molecule has 0 aliphatic heterocycles. The fourth-order valence-electron chi connectivity index (χ4n) is 7.29. The van der Waals surface area contributed by atoms with Gasteiger partial charge in [0.1, 0.15) is 0 Å². The molecule has 0 fully saturated rings. The summed E-state index contributed by atoms with van der Waals surface area (Å²) in [5.74, 6) is 0.666. The van der Waals surface area contributed by atoms with Gasteiger partial charge in [0.25, 0.3) is 0 Å². The van der Waals surface area contributed by atoms with Crippen LogP contribution < -0.4 is 0 Å². The van der Waals surface area contributed by atoms with Gasteiger partial charge in [0, 0.05) is 38.2 Å². The first-order chi connectivity index (χ1) is 22.8. The summed E-state index contributed by atoms with van der Waals surface area (Å²) in [4.78, 5) is 10.6. The minimum absolute atomic E-state index is 0.666. The van der Waals surface area contributed by atoms with Gasteiger partial charge in [-0.2, -0.15) is 0 Å². The number of fused-ring (bicyclic) bond motifs is 9. The maximum atomic E-state index is 5.34. The highest BCUT2D eigenvalue weighted by atomic mass is 15.2. The molecule has 3 heterocycles. The number of hydrogen-bond acceptors (Lipinski definition) is 2. The summed E-state index contributed by atoms with van der Waals surface area (Å²) in [6, 6.07) is 55.9. The first-order valence-corrected chi connectivity index (χ1v) is 15.6. The summed E-state index contributed by atoms with van der Waals surface area (Å²) >= 11 is 0. The standard InChI is InChI=1S/C42H26N4/c1-2-13-28(14-3-1)40-33-17-6-9-19-35(33)43-42(44-40)46-36-20-10-7-16-31(36)32-24-25-38-39(41(32)46)34-18-8-11-21-37(34)45(38)30-23-22-27-12-4-5-15-29(27)26-30/h1-26H. The summed E-state index contributed by atoms with van der Waals surface area (Å²) in [5.41, 5.74) is 8.58. The van der Waals surface area contributed by atoms with Crippen LogP contribution in [-0.2, 0) is 0 Å². The van der Waals surface area contributed by atoms with Crippen LogP contribution in [0.1, 0.15) is 0 Å². The summed E-state index contributed by atoms with van der Waals surface area (Å²) in [6.07, 6.45) is 0. The summed E-state index contributed by atoms with van der Waals surface area (Å²) in [5, 5.41) is 8.25. The van der Waals surface area contributed by atoms with E-state index >= 15 is 0 Å². The molecule has 0 saturated heterocycles. The fraction of sp³-hybridized carbons (Fsp3) is 0. The second kappa shape index (κ2) is 9.62. The molecule has 0 aliphatic rings. The van der Waals surface area contributed by atoms with Crippen molar-refractivity contribution in [3.8, 4) is 22.9 Å². The zero-order valence-electron chi connectivity index (χ0n) is 24.8. The molecule has 0 aliphatic carbocycles. The lowest BCUT2D eigenvalue weighted by Crippen LogP contribution is -2.03. The Hall–Kier alpha value is -6.26. The van der Waals surface area contributed by atoms with Crippen molar-refractivity contribution < 1.29 is 0 Å². The molecule has 214 valence electrons. The Labute approximate surface area is 264 Å². The minimum Gasteiger partial charge on any atom is -0.309 e. The third-order valence-corrected chi connectivity index (χ3v) is 9.30. The van der Waals surface area contributed by atoms with E-state index in [9.17, 15) is 0 Å². The maximum Gasteiger partial charge on any atom is 0.235 e. The molecule has 4 nitrogen and oxygen atoms in total. The summed E-state index contributed by atoms with van der Waals surface area (Å²) in [6.45, 7) is 0. The minimum atomic E-state index is 0.666. The van der Waals surface area contributed by atoms with Gasteiger partial charge in [-0.3, -0.25) is 4.57 Å². The molecule has 10 aromatic rings. The predicted octanol–water partition coefficient (Wildman–Crippen LogP) is 10.6. The molecule has 7 aromatic carbocycles. The third kappa shape index (κ3) is 3.55.